The number of anilines is 1. The lowest BCUT2D eigenvalue weighted by Crippen LogP contribution is -2.51. The van der Waals surface area contributed by atoms with Crippen LogP contribution >= 0.6 is 12.4 Å². The standard InChI is InChI=1S/C24H37N5O2.ClH/c1-4-25-24(30)29-15-13-28(14-16-29)12-8-6-5-7-10-26-22-18-20(31-3)17-21-19(2)9-11-27-23(21)22;/h9,11,17-18,26H,4-8,10,12-16H2,1-3H3,(H,25,30);1H. The number of benzene rings is 1. The molecule has 0 saturated carbocycles. The van der Waals surface area contributed by atoms with Gasteiger partial charge in [0.1, 0.15) is 5.75 Å². The van der Waals surface area contributed by atoms with E-state index in [9.17, 15) is 4.79 Å². The molecule has 0 atom stereocenters. The normalized spacial score (nSPS) is 14.2. The van der Waals surface area contributed by atoms with Crippen LogP contribution in [0.4, 0.5) is 10.5 Å². The van der Waals surface area contributed by atoms with Crippen molar-refractivity contribution in [2.75, 3.05) is 58.2 Å². The number of aromatic nitrogens is 1. The lowest BCUT2D eigenvalue weighted by atomic mass is 10.1. The second-order valence-electron chi connectivity index (χ2n) is 8.20. The number of carbonyl (C=O) groups is 1. The van der Waals surface area contributed by atoms with Gasteiger partial charge < -0.3 is 20.3 Å². The van der Waals surface area contributed by atoms with Crippen LogP contribution in [0.15, 0.2) is 24.4 Å². The van der Waals surface area contributed by atoms with E-state index < -0.39 is 0 Å². The maximum Gasteiger partial charge on any atom is 0.317 e. The molecule has 0 unspecified atom stereocenters. The lowest BCUT2D eigenvalue weighted by molar-refractivity contribution is 0.138. The second-order valence-corrected chi connectivity index (χ2v) is 8.20. The van der Waals surface area contributed by atoms with Gasteiger partial charge in [-0.1, -0.05) is 12.8 Å². The van der Waals surface area contributed by atoms with E-state index in [-0.39, 0.29) is 18.4 Å². The lowest BCUT2D eigenvalue weighted by Gasteiger charge is -2.34. The van der Waals surface area contributed by atoms with Gasteiger partial charge in [-0.15, -0.1) is 12.4 Å². The number of nitrogens with zero attached hydrogens (tertiary/aromatic N) is 3. The number of aryl methyl sites for hydroxylation is 1. The Bertz CT molecular complexity index is 856. The van der Waals surface area contributed by atoms with Crippen molar-refractivity contribution >= 4 is 35.0 Å². The zero-order valence-electron chi connectivity index (χ0n) is 19.7. The maximum atomic E-state index is 11.9. The highest BCUT2D eigenvalue weighted by atomic mass is 35.5. The molecule has 178 valence electrons. The molecular weight excluding hydrogens is 426 g/mol. The third-order valence-electron chi connectivity index (χ3n) is 5.98. The van der Waals surface area contributed by atoms with Crippen LogP contribution in [0.2, 0.25) is 0 Å². The van der Waals surface area contributed by atoms with Crippen LogP contribution in [0.25, 0.3) is 10.9 Å². The molecule has 0 aliphatic carbocycles. The predicted molar refractivity (Wildman–Crippen MR) is 134 cm³/mol. The van der Waals surface area contributed by atoms with E-state index in [1.807, 2.05) is 30.2 Å². The number of urea groups is 1. The number of piperazine rings is 1. The number of pyridine rings is 1. The molecule has 0 spiro atoms. The van der Waals surface area contributed by atoms with E-state index in [1.165, 1.54) is 24.8 Å². The summed E-state index contributed by atoms with van der Waals surface area (Å²) in [5, 5.41) is 7.58. The summed E-state index contributed by atoms with van der Waals surface area (Å²) in [6, 6.07) is 6.20. The molecule has 1 aliphatic rings. The molecule has 1 aromatic carbocycles. The Labute approximate surface area is 198 Å². The Morgan fingerprint density at radius 2 is 1.88 bits per heavy atom. The third-order valence-corrected chi connectivity index (χ3v) is 5.98. The number of hydrogen-bond donors (Lipinski definition) is 2. The van der Waals surface area contributed by atoms with Crippen LogP contribution < -0.4 is 15.4 Å². The fourth-order valence-corrected chi connectivity index (χ4v) is 4.09. The van der Waals surface area contributed by atoms with Crippen LogP contribution in [0.5, 0.6) is 5.75 Å². The SMILES string of the molecule is CCNC(=O)N1CCN(CCCCCCNc2cc(OC)cc3c(C)ccnc23)CC1.Cl. The van der Waals surface area contributed by atoms with Crippen molar-refractivity contribution in [2.45, 2.75) is 39.5 Å². The number of halogens is 1. The highest BCUT2D eigenvalue weighted by Gasteiger charge is 2.19. The van der Waals surface area contributed by atoms with Gasteiger partial charge in [0, 0.05) is 56.9 Å². The highest BCUT2D eigenvalue weighted by molar-refractivity contribution is 5.93. The number of unbranched alkanes of at least 4 members (excludes halogenated alkanes) is 3. The molecule has 2 aromatic rings. The first-order valence-electron chi connectivity index (χ1n) is 11.5. The summed E-state index contributed by atoms with van der Waals surface area (Å²) in [6.45, 7) is 10.4. The second kappa shape index (κ2) is 13.3. The number of hydrogen-bond acceptors (Lipinski definition) is 5. The molecule has 2 amide bonds. The summed E-state index contributed by atoms with van der Waals surface area (Å²) in [5.41, 5.74) is 3.26. The first-order valence-corrected chi connectivity index (χ1v) is 11.5. The molecule has 0 bridgehead atoms. The quantitative estimate of drug-likeness (QED) is 0.514. The molecule has 1 saturated heterocycles. The van der Waals surface area contributed by atoms with E-state index in [1.54, 1.807) is 7.11 Å². The Kier molecular flexibility index (Phi) is 10.8. The first kappa shape index (κ1) is 26.0. The first-order chi connectivity index (χ1) is 15.1. The Morgan fingerprint density at radius 3 is 2.59 bits per heavy atom. The summed E-state index contributed by atoms with van der Waals surface area (Å²) in [6.07, 6.45) is 6.65. The van der Waals surface area contributed by atoms with Crippen molar-refractivity contribution in [3.05, 3.63) is 30.0 Å². The van der Waals surface area contributed by atoms with Gasteiger partial charge >= 0.3 is 6.03 Å². The molecule has 2 heterocycles. The summed E-state index contributed by atoms with van der Waals surface area (Å²) < 4.78 is 5.47. The molecule has 1 aliphatic heterocycles. The minimum absolute atomic E-state index is 0. The molecule has 2 N–H and O–H groups in total. The molecule has 7 nitrogen and oxygen atoms in total. The van der Waals surface area contributed by atoms with Crippen molar-refractivity contribution in [2.24, 2.45) is 0 Å². The van der Waals surface area contributed by atoms with Crippen molar-refractivity contribution in [3.63, 3.8) is 0 Å². The Morgan fingerprint density at radius 1 is 1.12 bits per heavy atom. The number of rotatable bonds is 10. The molecule has 32 heavy (non-hydrogen) atoms. The van der Waals surface area contributed by atoms with E-state index in [0.29, 0.717) is 6.54 Å². The van der Waals surface area contributed by atoms with Gasteiger partial charge in [0.25, 0.3) is 0 Å². The number of fused-ring (bicyclic) bond motifs is 1. The van der Waals surface area contributed by atoms with Crippen LogP contribution in [0.1, 0.15) is 38.2 Å². The Hall–Kier alpha value is -2.25. The van der Waals surface area contributed by atoms with Gasteiger partial charge in [-0.2, -0.15) is 0 Å². The number of nitrogens with one attached hydrogen (secondary N) is 2. The average molecular weight is 464 g/mol. The fourth-order valence-electron chi connectivity index (χ4n) is 4.09. The van der Waals surface area contributed by atoms with Crippen molar-refractivity contribution in [1.29, 1.82) is 0 Å². The van der Waals surface area contributed by atoms with Gasteiger partial charge in [-0.05, 0) is 50.9 Å². The average Bonchev–Trinajstić information content (AvgIpc) is 2.79. The van der Waals surface area contributed by atoms with Crippen molar-refractivity contribution < 1.29 is 9.53 Å². The predicted octanol–water partition coefficient (Wildman–Crippen LogP) is 4.29. The molecular formula is C24H38ClN5O2. The van der Waals surface area contributed by atoms with Crippen molar-refractivity contribution in [3.8, 4) is 5.75 Å². The zero-order chi connectivity index (χ0) is 22.1. The van der Waals surface area contributed by atoms with E-state index >= 15 is 0 Å². The minimum atomic E-state index is 0. The minimum Gasteiger partial charge on any atom is -0.497 e. The molecule has 3 rings (SSSR count). The third kappa shape index (κ3) is 7.14. The topological polar surface area (TPSA) is 69.7 Å². The molecule has 8 heteroatoms. The monoisotopic (exact) mass is 463 g/mol. The van der Waals surface area contributed by atoms with Gasteiger partial charge in [0.15, 0.2) is 0 Å². The maximum absolute atomic E-state index is 11.9. The smallest absolute Gasteiger partial charge is 0.317 e. The van der Waals surface area contributed by atoms with Crippen LogP contribution in [-0.2, 0) is 0 Å². The van der Waals surface area contributed by atoms with Crippen molar-refractivity contribution in [1.82, 2.24) is 20.1 Å². The van der Waals surface area contributed by atoms with E-state index in [4.69, 9.17) is 4.74 Å². The molecule has 1 fully saturated rings. The van der Waals surface area contributed by atoms with Gasteiger partial charge in [0.05, 0.1) is 18.3 Å². The van der Waals surface area contributed by atoms with Gasteiger partial charge in [-0.25, -0.2) is 4.79 Å². The number of methoxy groups -OCH3 is 1. The van der Waals surface area contributed by atoms with E-state index in [0.717, 1.165) is 68.0 Å². The summed E-state index contributed by atoms with van der Waals surface area (Å²) >= 11 is 0. The van der Waals surface area contributed by atoms with Gasteiger partial charge in [0.2, 0.25) is 0 Å². The summed E-state index contributed by atoms with van der Waals surface area (Å²) in [4.78, 5) is 20.8. The number of ether oxygens (including phenoxy) is 1. The van der Waals surface area contributed by atoms with Crippen LogP contribution in [-0.4, -0.2) is 73.7 Å². The fraction of sp³-hybridized carbons (Fsp3) is 0.583. The van der Waals surface area contributed by atoms with Crippen LogP contribution in [0, 0.1) is 6.92 Å². The Balaban J connectivity index is 0.00000363. The zero-order valence-corrected chi connectivity index (χ0v) is 20.5. The molecule has 0 radical (unpaired) electrons. The number of carbonyl (C=O) groups excluding carboxylic acids is 1. The summed E-state index contributed by atoms with van der Waals surface area (Å²) in [7, 11) is 1.70. The number of amides is 2. The largest absolute Gasteiger partial charge is 0.497 e. The highest BCUT2D eigenvalue weighted by Crippen LogP contribution is 2.29. The van der Waals surface area contributed by atoms with E-state index in [2.05, 4.69) is 33.5 Å². The molecule has 1 aromatic heterocycles. The van der Waals surface area contributed by atoms with Gasteiger partial charge in [-0.3, -0.25) is 9.88 Å². The van der Waals surface area contributed by atoms with Crippen LogP contribution in [0.3, 0.4) is 0 Å². The summed E-state index contributed by atoms with van der Waals surface area (Å²) in [5.74, 6) is 0.860.